The van der Waals surface area contributed by atoms with Crippen molar-refractivity contribution in [3.05, 3.63) is 27.8 Å². The van der Waals surface area contributed by atoms with Gasteiger partial charge in [0.1, 0.15) is 0 Å². The van der Waals surface area contributed by atoms with E-state index >= 15 is 0 Å². The molecule has 10 heteroatoms. The molecule has 0 unspecified atom stereocenters. The van der Waals surface area contributed by atoms with Crippen LogP contribution >= 0.6 is 22.6 Å². The molecule has 0 aliphatic carbocycles. The van der Waals surface area contributed by atoms with E-state index in [2.05, 4.69) is 71.0 Å². The zero-order valence-corrected chi connectivity index (χ0v) is 20.6. The van der Waals surface area contributed by atoms with Crippen LogP contribution in [0.4, 0.5) is 0 Å². The van der Waals surface area contributed by atoms with Gasteiger partial charge in [-0.25, -0.2) is 13.1 Å². The van der Waals surface area contributed by atoms with Crippen molar-refractivity contribution in [2.45, 2.75) is 51.6 Å². The Labute approximate surface area is 178 Å². The van der Waals surface area contributed by atoms with Crippen LogP contribution in [0.1, 0.15) is 34.6 Å². The van der Waals surface area contributed by atoms with Gasteiger partial charge in [-0.2, -0.15) is 8.42 Å². The van der Waals surface area contributed by atoms with Gasteiger partial charge in [0, 0.05) is 22.2 Å². The van der Waals surface area contributed by atoms with Crippen LogP contribution in [0.3, 0.4) is 0 Å². The first-order valence-electron chi connectivity index (χ1n) is 8.65. The van der Waals surface area contributed by atoms with Crippen LogP contribution in [0.15, 0.2) is 29.2 Å². The van der Waals surface area contributed by atoms with Crippen LogP contribution in [0.2, 0.25) is 0 Å². The van der Waals surface area contributed by atoms with Crippen molar-refractivity contribution < 1.29 is 21.0 Å². The molecule has 0 spiro atoms. The average Bonchev–Trinajstić information content (AvgIpc) is 2.52. The van der Waals surface area contributed by atoms with Crippen molar-refractivity contribution in [3.8, 4) is 0 Å². The third-order valence-corrected chi connectivity index (χ3v) is 6.30. The van der Waals surface area contributed by atoms with E-state index in [1.54, 1.807) is 12.1 Å². The van der Waals surface area contributed by atoms with E-state index in [1.807, 2.05) is 0 Å². The fourth-order valence-corrected chi connectivity index (χ4v) is 4.15. The zero-order valence-electron chi connectivity index (χ0n) is 16.8. The van der Waals surface area contributed by atoms with Gasteiger partial charge in [-0.3, -0.25) is 9.08 Å². The average molecular weight is 534 g/mol. The third kappa shape index (κ3) is 12.0. The lowest BCUT2D eigenvalue weighted by Crippen LogP contribution is -2.36. The Bertz CT molecular complexity index is 740. The van der Waals surface area contributed by atoms with E-state index in [0.29, 0.717) is 12.1 Å². The summed E-state index contributed by atoms with van der Waals surface area (Å²) in [6.07, 6.45) is 0.903. The number of nitrogens with zero attached hydrogens (tertiary/aromatic N) is 1. The van der Waals surface area contributed by atoms with Gasteiger partial charge in [-0.05, 0) is 81.1 Å². The van der Waals surface area contributed by atoms with Crippen LogP contribution in [0.25, 0.3) is 0 Å². The molecule has 0 fully saturated rings. The molecular weight excluding hydrogens is 503 g/mol. The second-order valence-electron chi connectivity index (χ2n) is 6.40. The molecule has 7 nitrogen and oxygen atoms in total. The van der Waals surface area contributed by atoms with Crippen molar-refractivity contribution in [2.24, 2.45) is 0 Å². The molecule has 0 saturated heterocycles. The monoisotopic (exact) mass is 534 g/mol. The summed E-state index contributed by atoms with van der Waals surface area (Å²) in [6.45, 7) is 12.0. The second kappa shape index (κ2) is 12.3. The predicted octanol–water partition coefficient (Wildman–Crippen LogP) is 2.67. The highest BCUT2D eigenvalue weighted by Crippen LogP contribution is 2.11. The summed E-state index contributed by atoms with van der Waals surface area (Å²) in [5.41, 5.74) is 0. The molecule has 0 aliphatic rings. The van der Waals surface area contributed by atoms with E-state index < -0.39 is 20.1 Å². The molecule has 0 saturated carbocycles. The Balaban J connectivity index is 0.000000636. The van der Waals surface area contributed by atoms with E-state index in [4.69, 9.17) is 0 Å². The summed E-state index contributed by atoms with van der Waals surface area (Å²) >= 11 is 2.07. The Hall–Kier alpha value is -0.270. The predicted molar refractivity (Wildman–Crippen MR) is 118 cm³/mol. The van der Waals surface area contributed by atoms with Gasteiger partial charge in [-0.15, -0.1) is 0 Å². The highest BCUT2D eigenvalue weighted by Gasteiger charge is 2.13. The van der Waals surface area contributed by atoms with Crippen LogP contribution in [0, 0.1) is 3.57 Å². The van der Waals surface area contributed by atoms with Gasteiger partial charge in [0.2, 0.25) is 10.0 Å². The van der Waals surface area contributed by atoms with Crippen molar-refractivity contribution in [2.75, 3.05) is 26.0 Å². The largest absolute Gasteiger partial charge is 0.299 e. The molecule has 1 aromatic rings. The van der Waals surface area contributed by atoms with Gasteiger partial charge in [0.15, 0.2) is 0 Å². The molecule has 1 N–H and O–H groups in total. The summed E-state index contributed by atoms with van der Waals surface area (Å²) in [4.78, 5) is 2.59. The quantitative estimate of drug-likeness (QED) is 0.298. The number of hydrogen-bond donors (Lipinski definition) is 1. The van der Waals surface area contributed by atoms with Crippen LogP contribution in [-0.4, -0.2) is 59.8 Å². The maximum atomic E-state index is 11.7. The van der Waals surface area contributed by atoms with E-state index in [9.17, 15) is 16.8 Å². The normalized spacial score (nSPS) is 12.4. The first-order valence-corrected chi connectivity index (χ1v) is 13.0. The Morgan fingerprint density at radius 2 is 1.52 bits per heavy atom. The summed E-state index contributed by atoms with van der Waals surface area (Å²) in [5.74, 6) is 0. The minimum absolute atomic E-state index is 0.110. The molecule has 0 atom stereocenters. The zero-order chi connectivity index (χ0) is 21.3. The van der Waals surface area contributed by atoms with E-state index in [0.717, 1.165) is 16.4 Å². The lowest BCUT2D eigenvalue weighted by Gasteiger charge is -2.28. The summed E-state index contributed by atoms with van der Waals surface area (Å²) in [7, 11) is -7.17. The number of hydrogen-bond acceptors (Lipinski definition) is 6. The third-order valence-electron chi connectivity index (χ3n) is 3.51. The van der Waals surface area contributed by atoms with E-state index in [-0.39, 0.29) is 18.0 Å². The molecule has 1 aromatic carbocycles. The second-order valence-corrected chi connectivity index (χ2v) is 11.1. The molecule has 0 bridgehead atoms. The van der Waals surface area contributed by atoms with Crippen molar-refractivity contribution in [1.82, 2.24) is 9.62 Å². The fraction of sp³-hybridized carbons (Fsp3) is 0.647. The highest BCUT2D eigenvalue weighted by atomic mass is 127. The number of rotatable bonds is 9. The lowest BCUT2D eigenvalue weighted by molar-refractivity contribution is 0.185. The molecule has 0 heterocycles. The minimum Gasteiger partial charge on any atom is -0.299 e. The number of sulfonamides is 1. The van der Waals surface area contributed by atoms with Crippen LogP contribution in [-0.2, 0) is 24.3 Å². The van der Waals surface area contributed by atoms with Crippen molar-refractivity contribution in [1.29, 1.82) is 0 Å². The van der Waals surface area contributed by atoms with Gasteiger partial charge in [0.05, 0.1) is 17.8 Å². The maximum absolute atomic E-state index is 11.7. The van der Waals surface area contributed by atoms with Crippen molar-refractivity contribution in [3.63, 3.8) is 0 Å². The number of nitrogens with one attached hydrogen (secondary N) is 1. The number of halogens is 1. The molecule has 0 radical (unpaired) electrons. The first kappa shape index (κ1) is 26.7. The molecule has 158 valence electrons. The van der Waals surface area contributed by atoms with Crippen molar-refractivity contribution >= 4 is 42.7 Å². The molecule has 27 heavy (non-hydrogen) atoms. The number of benzene rings is 1. The smallest absolute Gasteiger partial charge is 0.264 e. The minimum atomic E-state index is -3.62. The summed E-state index contributed by atoms with van der Waals surface area (Å²) < 4.78 is 52.4. The first-order chi connectivity index (χ1) is 12.3. The fourth-order valence-electron chi connectivity index (χ4n) is 2.39. The molecule has 1 rings (SSSR count). The SMILES string of the molecule is CCN(C(C)C)C(C)C.CS(=O)(=O)OCCNS(=O)(=O)c1ccc(I)cc1. The standard InChI is InChI=1S/C9H12INO5S2.C8H19N/c1-17(12,13)16-7-6-11-18(14,15)9-4-2-8(10)3-5-9;1-6-9(7(2)3)8(4)5/h2-5,11H,6-7H2,1H3;7-8H,6H2,1-5H3. The van der Waals surface area contributed by atoms with Gasteiger partial charge in [0.25, 0.3) is 10.1 Å². The topological polar surface area (TPSA) is 92.8 Å². The Morgan fingerprint density at radius 1 is 1.04 bits per heavy atom. The van der Waals surface area contributed by atoms with Gasteiger partial charge < -0.3 is 0 Å². The van der Waals surface area contributed by atoms with Gasteiger partial charge in [-0.1, -0.05) is 6.92 Å². The summed E-state index contributed by atoms with van der Waals surface area (Å²) in [5, 5.41) is 0. The molecule has 0 aromatic heterocycles. The molecular formula is C17H31IN2O5S2. The molecule has 0 aliphatic heterocycles. The lowest BCUT2D eigenvalue weighted by atomic mass is 10.2. The highest BCUT2D eigenvalue weighted by molar-refractivity contribution is 14.1. The van der Waals surface area contributed by atoms with Crippen LogP contribution < -0.4 is 4.72 Å². The maximum Gasteiger partial charge on any atom is 0.264 e. The van der Waals surface area contributed by atoms with Crippen LogP contribution in [0.5, 0.6) is 0 Å². The van der Waals surface area contributed by atoms with E-state index in [1.165, 1.54) is 12.1 Å². The summed E-state index contributed by atoms with van der Waals surface area (Å²) in [6, 6.07) is 7.66. The Morgan fingerprint density at radius 3 is 1.85 bits per heavy atom. The van der Waals surface area contributed by atoms with Gasteiger partial charge >= 0.3 is 0 Å². The molecule has 0 amide bonds. The Kier molecular flexibility index (Phi) is 12.2.